The van der Waals surface area contributed by atoms with E-state index in [-0.39, 0.29) is 7.24 Å². The van der Waals surface area contributed by atoms with Crippen molar-refractivity contribution in [2.75, 3.05) is 0 Å². The summed E-state index contributed by atoms with van der Waals surface area (Å²) in [5.41, 5.74) is 4.28. The molecule has 0 N–H and O–H groups in total. The lowest BCUT2D eigenvalue weighted by molar-refractivity contribution is 0.309. The quantitative estimate of drug-likeness (QED) is 0.736. The van der Waals surface area contributed by atoms with E-state index in [9.17, 15) is 4.39 Å². The highest BCUT2D eigenvalue weighted by Crippen LogP contribution is 2.33. The first-order valence-electron chi connectivity index (χ1n) is 8.46. The molecular formula is C19H19FN4. The number of hydrogen-bond donors (Lipinski definition) is 0. The molecule has 1 saturated carbocycles. The van der Waals surface area contributed by atoms with E-state index in [0.717, 1.165) is 47.0 Å². The predicted octanol–water partition coefficient (Wildman–Crippen LogP) is 3.84. The van der Waals surface area contributed by atoms with Gasteiger partial charge in [-0.05, 0) is 17.6 Å². The summed E-state index contributed by atoms with van der Waals surface area (Å²) in [4.78, 5) is 13.3. The summed E-state index contributed by atoms with van der Waals surface area (Å²) < 4.78 is 15.9. The van der Waals surface area contributed by atoms with Crippen molar-refractivity contribution in [1.82, 2.24) is 19.4 Å². The standard InChI is InChI=1S/C19H17FN4.H2/c20-16-9-13(11-24-7-6-21-19(16)24)14-4-5-17-15(14)10-22-18(23-17)8-12-2-1-3-12;/h4,6-7,9-12H,1-3,5,8H2;1H. The molecule has 3 heterocycles. The highest BCUT2D eigenvalue weighted by molar-refractivity contribution is 5.83. The van der Waals surface area contributed by atoms with Crippen LogP contribution in [-0.4, -0.2) is 19.4 Å². The molecule has 122 valence electrons. The van der Waals surface area contributed by atoms with Gasteiger partial charge in [0.05, 0.1) is 5.69 Å². The van der Waals surface area contributed by atoms with E-state index in [1.54, 1.807) is 22.9 Å². The van der Waals surface area contributed by atoms with Crippen LogP contribution in [0.4, 0.5) is 4.39 Å². The van der Waals surface area contributed by atoms with E-state index in [1.807, 2.05) is 12.4 Å². The fourth-order valence-electron chi connectivity index (χ4n) is 3.61. The molecule has 2 aliphatic rings. The lowest BCUT2D eigenvalue weighted by atomic mass is 9.83. The van der Waals surface area contributed by atoms with Crippen LogP contribution in [0.3, 0.4) is 0 Å². The molecule has 4 nitrogen and oxygen atoms in total. The van der Waals surface area contributed by atoms with Gasteiger partial charge < -0.3 is 4.40 Å². The summed E-state index contributed by atoms with van der Waals surface area (Å²) in [5, 5.41) is 0. The zero-order valence-electron chi connectivity index (χ0n) is 13.2. The maximum atomic E-state index is 14.2. The molecule has 1 fully saturated rings. The van der Waals surface area contributed by atoms with Gasteiger partial charge in [0.2, 0.25) is 0 Å². The molecule has 2 aliphatic carbocycles. The number of aromatic nitrogens is 4. The van der Waals surface area contributed by atoms with Crippen molar-refractivity contribution >= 4 is 11.2 Å². The van der Waals surface area contributed by atoms with Crippen LogP contribution in [-0.2, 0) is 12.8 Å². The van der Waals surface area contributed by atoms with Crippen molar-refractivity contribution in [3.8, 4) is 0 Å². The second kappa shape index (κ2) is 5.23. The van der Waals surface area contributed by atoms with Gasteiger partial charge in [0.1, 0.15) is 5.82 Å². The molecular weight excluding hydrogens is 303 g/mol. The first-order valence-corrected chi connectivity index (χ1v) is 8.46. The van der Waals surface area contributed by atoms with Crippen molar-refractivity contribution in [2.45, 2.75) is 32.1 Å². The van der Waals surface area contributed by atoms with Crippen LogP contribution in [0.15, 0.2) is 36.9 Å². The van der Waals surface area contributed by atoms with Gasteiger partial charge in [-0.3, -0.25) is 0 Å². The second-order valence-corrected chi connectivity index (χ2v) is 6.70. The Morgan fingerprint density at radius 2 is 2.21 bits per heavy atom. The summed E-state index contributed by atoms with van der Waals surface area (Å²) in [7, 11) is 0. The molecule has 0 bridgehead atoms. The van der Waals surface area contributed by atoms with Crippen LogP contribution in [0.5, 0.6) is 0 Å². The number of nitrogens with zero attached hydrogens (tertiary/aromatic N) is 4. The molecule has 5 rings (SSSR count). The minimum absolute atomic E-state index is 0. The van der Waals surface area contributed by atoms with Crippen LogP contribution in [0.1, 0.15) is 43.3 Å². The molecule has 3 aromatic rings. The van der Waals surface area contributed by atoms with E-state index >= 15 is 0 Å². The number of fused-ring (bicyclic) bond motifs is 2. The third kappa shape index (κ3) is 2.15. The third-order valence-electron chi connectivity index (χ3n) is 5.16. The molecule has 0 spiro atoms. The molecule has 0 aromatic carbocycles. The second-order valence-electron chi connectivity index (χ2n) is 6.70. The number of rotatable bonds is 3. The molecule has 3 aromatic heterocycles. The van der Waals surface area contributed by atoms with E-state index in [1.165, 1.54) is 19.3 Å². The Labute approximate surface area is 140 Å². The molecule has 24 heavy (non-hydrogen) atoms. The summed E-state index contributed by atoms with van der Waals surface area (Å²) >= 11 is 0. The number of imidazole rings is 1. The SMILES string of the molecule is Fc1cc(C2=CCc3nc(CC4CCC4)ncc32)cn2ccnc12.[HH]. The number of hydrogen-bond acceptors (Lipinski definition) is 3. The Kier molecular flexibility index (Phi) is 3.01. The van der Waals surface area contributed by atoms with Crippen LogP contribution >= 0.6 is 0 Å². The normalized spacial score (nSPS) is 17.0. The van der Waals surface area contributed by atoms with Gasteiger partial charge in [0, 0.05) is 50.2 Å². The molecule has 5 heteroatoms. The largest absolute Gasteiger partial charge is 0.304 e. The van der Waals surface area contributed by atoms with Crippen LogP contribution < -0.4 is 0 Å². The Hall–Kier alpha value is -2.56. The lowest BCUT2D eigenvalue weighted by Crippen LogP contribution is -2.16. The van der Waals surface area contributed by atoms with Gasteiger partial charge in [0.25, 0.3) is 0 Å². The number of allylic oxidation sites excluding steroid dienone is 1. The fraction of sp³-hybridized carbons (Fsp3) is 0.316. The first kappa shape index (κ1) is 13.8. The third-order valence-corrected chi connectivity index (χ3v) is 5.16. The summed E-state index contributed by atoms with van der Waals surface area (Å²) in [6.45, 7) is 0. The fourth-order valence-corrected chi connectivity index (χ4v) is 3.61. The van der Waals surface area contributed by atoms with Gasteiger partial charge in [-0.2, -0.15) is 0 Å². The summed E-state index contributed by atoms with van der Waals surface area (Å²) in [5.74, 6) is 1.40. The molecule has 0 aliphatic heterocycles. The zero-order valence-corrected chi connectivity index (χ0v) is 13.2. The van der Waals surface area contributed by atoms with Gasteiger partial charge in [-0.1, -0.05) is 25.3 Å². The van der Waals surface area contributed by atoms with Gasteiger partial charge >= 0.3 is 0 Å². The topological polar surface area (TPSA) is 43.1 Å². The predicted molar refractivity (Wildman–Crippen MR) is 91.1 cm³/mol. The van der Waals surface area contributed by atoms with Crippen LogP contribution in [0.2, 0.25) is 0 Å². The molecule has 0 unspecified atom stereocenters. The van der Waals surface area contributed by atoms with E-state index in [2.05, 4.69) is 16.0 Å². The highest BCUT2D eigenvalue weighted by atomic mass is 19.1. The molecule has 0 atom stereocenters. The Morgan fingerprint density at radius 1 is 1.29 bits per heavy atom. The van der Waals surface area contributed by atoms with E-state index in [4.69, 9.17) is 4.98 Å². The summed E-state index contributed by atoms with van der Waals surface area (Å²) in [6.07, 6.45) is 15.0. The van der Waals surface area contributed by atoms with Crippen LogP contribution in [0, 0.1) is 11.7 Å². The van der Waals surface area contributed by atoms with Crippen molar-refractivity contribution in [1.29, 1.82) is 0 Å². The van der Waals surface area contributed by atoms with Gasteiger partial charge in [0.15, 0.2) is 11.5 Å². The monoisotopic (exact) mass is 322 g/mol. The minimum atomic E-state index is -0.311. The first-order chi connectivity index (χ1) is 11.8. The highest BCUT2D eigenvalue weighted by Gasteiger charge is 2.22. The number of halogens is 1. The smallest absolute Gasteiger partial charge is 0.173 e. The maximum Gasteiger partial charge on any atom is 0.173 e. The van der Waals surface area contributed by atoms with Gasteiger partial charge in [-0.25, -0.2) is 19.3 Å². The number of pyridine rings is 1. The van der Waals surface area contributed by atoms with Crippen molar-refractivity contribution in [3.63, 3.8) is 0 Å². The zero-order chi connectivity index (χ0) is 16.1. The maximum absolute atomic E-state index is 14.2. The van der Waals surface area contributed by atoms with Crippen molar-refractivity contribution in [2.24, 2.45) is 5.92 Å². The minimum Gasteiger partial charge on any atom is -0.304 e. The van der Waals surface area contributed by atoms with Crippen molar-refractivity contribution < 1.29 is 5.82 Å². The Morgan fingerprint density at radius 3 is 3.04 bits per heavy atom. The lowest BCUT2D eigenvalue weighted by Gasteiger charge is -2.24. The average molecular weight is 322 g/mol. The molecule has 0 saturated heterocycles. The Bertz CT molecular complexity index is 975. The molecule has 0 amide bonds. The van der Waals surface area contributed by atoms with Gasteiger partial charge in [-0.15, -0.1) is 0 Å². The van der Waals surface area contributed by atoms with E-state index in [0.29, 0.717) is 5.65 Å². The van der Waals surface area contributed by atoms with Crippen molar-refractivity contribution in [3.05, 3.63) is 65.4 Å². The van der Waals surface area contributed by atoms with Crippen LogP contribution in [0.25, 0.3) is 11.2 Å². The van der Waals surface area contributed by atoms with E-state index < -0.39 is 0 Å². The average Bonchev–Trinajstić information content (AvgIpc) is 3.17. The molecule has 0 radical (unpaired) electrons. The summed E-state index contributed by atoms with van der Waals surface area (Å²) in [6, 6.07) is 1.55. The Balaban J connectivity index is 0.00000157.